The Hall–Kier alpha value is -1.06. The number of carbonyl (C=O) groups is 1. The summed E-state index contributed by atoms with van der Waals surface area (Å²) in [7, 11) is 0. The molecule has 4 heteroatoms. The van der Waals surface area contributed by atoms with Gasteiger partial charge in [0.25, 0.3) is 0 Å². The van der Waals surface area contributed by atoms with Gasteiger partial charge in [0, 0.05) is 11.6 Å². The van der Waals surface area contributed by atoms with Crippen molar-refractivity contribution in [2.75, 3.05) is 6.54 Å². The second-order valence-electron chi connectivity index (χ2n) is 3.55. The van der Waals surface area contributed by atoms with Gasteiger partial charge in [-0.25, -0.2) is 0 Å². The van der Waals surface area contributed by atoms with E-state index in [1.807, 2.05) is 26.0 Å². The van der Waals surface area contributed by atoms with Gasteiger partial charge in [-0.15, -0.1) is 0 Å². The third kappa shape index (κ3) is 2.30. The third-order valence-corrected chi connectivity index (χ3v) is 2.97. The Bertz CT molecular complexity index is 390. The van der Waals surface area contributed by atoms with Crippen molar-refractivity contribution in [1.82, 2.24) is 0 Å². The minimum absolute atomic E-state index is 0.0549. The Balaban J connectivity index is 3.34. The summed E-state index contributed by atoms with van der Waals surface area (Å²) >= 11 is 6.10. The molecule has 0 bridgehead atoms. The lowest BCUT2D eigenvalue weighted by atomic mass is 9.93. The summed E-state index contributed by atoms with van der Waals surface area (Å²) in [5.41, 5.74) is 7.82. The van der Waals surface area contributed by atoms with Gasteiger partial charge in [-0.05, 0) is 30.5 Å². The molecule has 0 radical (unpaired) electrons. The van der Waals surface area contributed by atoms with Crippen molar-refractivity contribution in [3.8, 4) is 0 Å². The fraction of sp³-hybridized carbons (Fsp3) is 0.364. The maximum atomic E-state index is 11.0. The largest absolute Gasteiger partial charge is 0.481 e. The molecule has 1 aromatic carbocycles. The van der Waals surface area contributed by atoms with Gasteiger partial charge in [0.05, 0.1) is 5.92 Å². The van der Waals surface area contributed by atoms with Crippen LogP contribution in [0.3, 0.4) is 0 Å². The average Bonchev–Trinajstić information content (AvgIpc) is 2.18. The van der Waals surface area contributed by atoms with Crippen LogP contribution in [0.1, 0.15) is 22.6 Å². The monoisotopic (exact) mass is 227 g/mol. The minimum atomic E-state index is -0.937. The smallest absolute Gasteiger partial charge is 0.312 e. The summed E-state index contributed by atoms with van der Waals surface area (Å²) in [6.07, 6.45) is 0. The normalized spacial score (nSPS) is 12.5. The molecule has 0 spiro atoms. The molecule has 15 heavy (non-hydrogen) atoms. The SMILES string of the molecule is Cc1ccc(C)c(C(CN)C(=O)O)c1Cl. The Morgan fingerprint density at radius 2 is 2.00 bits per heavy atom. The number of rotatable bonds is 3. The number of benzene rings is 1. The molecule has 0 heterocycles. The lowest BCUT2D eigenvalue weighted by molar-refractivity contribution is -0.138. The van der Waals surface area contributed by atoms with Crippen LogP contribution in [0.2, 0.25) is 5.02 Å². The lowest BCUT2D eigenvalue weighted by Crippen LogP contribution is -2.22. The summed E-state index contributed by atoms with van der Waals surface area (Å²) in [4.78, 5) is 11.0. The first-order valence-electron chi connectivity index (χ1n) is 4.67. The van der Waals surface area contributed by atoms with Crippen molar-refractivity contribution in [3.63, 3.8) is 0 Å². The van der Waals surface area contributed by atoms with E-state index in [0.717, 1.165) is 11.1 Å². The number of carboxylic acid groups (broad SMARTS) is 1. The van der Waals surface area contributed by atoms with Crippen LogP contribution in [-0.4, -0.2) is 17.6 Å². The predicted molar refractivity (Wildman–Crippen MR) is 60.4 cm³/mol. The molecule has 0 fully saturated rings. The number of aryl methyl sites for hydroxylation is 2. The number of carboxylic acids is 1. The molecule has 0 saturated carbocycles. The van der Waals surface area contributed by atoms with Crippen LogP contribution in [0, 0.1) is 13.8 Å². The Morgan fingerprint density at radius 1 is 1.47 bits per heavy atom. The van der Waals surface area contributed by atoms with Gasteiger partial charge >= 0.3 is 5.97 Å². The Morgan fingerprint density at radius 3 is 2.47 bits per heavy atom. The van der Waals surface area contributed by atoms with Crippen molar-refractivity contribution in [2.24, 2.45) is 5.73 Å². The number of aliphatic carboxylic acids is 1. The highest BCUT2D eigenvalue weighted by atomic mass is 35.5. The molecule has 1 unspecified atom stereocenters. The van der Waals surface area contributed by atoms with Gasteiger partial charge < -0.3 is 10.8 Å². The maximum absolute atomic E-state index is 11.0. The maximum Gasteiger partial charge on any atom is 0.312 e. The third-order valence-electron chi connectivity index (χ3n) is 2.47. The van der Waals surface area contributed by atoms with Gasteiger partial charge in [0.1, 0.15) is 0 Å². The van der Waals surface area contributed by atoms with E-state index in [1.165, 1.54) is 0 Å². The molecule has 0 amide bonds. The highest BCUT2D eigenvalue weighted by Crippen LogP contribution is 2.30. The standard InChI is InChI=1S/C11H14ClNO2/c1-6-3-4-7(2)10(12)9(6)8(5-13)11(14)15/h3-4,8H,5,13H2,1-2H3,(H,14,15). The van der Waals surface area contributed by atoms with Gasteiger partial charge in [0.15, 0.2) is 0 Å². The van der Waals surface area contributed by atoms with Crippen LogP contribution in [0.4, 0.5) is 0 Å². The van der Waals surface area contributed by atoms with E-state index in [-0.39, 0.29) is 6.54 Å². The van der Waals surface area contributed by atoms with Crippen molar-refractivity contribution >= 4 is 17.6 Å². The second kappa shape index (κ2) is 4.64. The van der Waals surface area contributed by atoms with E-state index in [0.29, 0.717) is 10.6 Å². The molecule has 1 aromatic rings. The predicted octanol–water partition coefficient (Wildman–Crippen LogP) is 2.08. The molecule has 0 aliphatic heterocycles. The summed E-state index contributed by atoms with van der Waals surface area (Å²) in [5, 5.41) is 9.54. The zero-order chi connectivity index (χ0) is 11.6. The zero-order valence-corrected chi connectivity index (χ0v) is 9.51. The van der Waals surface area contributed by atoms with Crippen LogP contribution in [-0.2, 0) is 4.79 Å². The molecular formula is C11H14ClNO2. The van der Waals surface area contributed by atoms with Crippen LogP contribution in [0.25, 0.3) is 0 Å². The molecule has 0 saturated heterocycles. The number of nitrogens with two attached hydrogens (primary N) is 1. The molecule has 0 aliphatic rings. The quantitative estimate of drug-likeness (QED) is 0.831. The Labute approximate surface area is 93.9 Å². The summed E-state index contributed by atoms with van der Waals surface area (Å²) < 4.78 is 0. The highest BCUT2D eigenvalue weighted by Gasteiger charge is 2.23. The van der Waals surface area contributed by atoms with Gasteiger partial charge in [-0.2, -0.15) is 0 Å². The van der Waals surface area contributed by atoms with E-state index in [1.54, 1.807) is 0 Å². The summed E-state index contributed by atoms with van der Waals surface area (Å²) in [6, 6.07) is 3.73. The molecule has 0 aromatic heterocycles. The van der Waals surface area contributed by atoms with Crippen molar-refractivity contribution < 1.29 is 9.90 Å². The van der Waals surface area contributed by atoms with Crippen LogP contribution >= 0.6 is 11.6 Å². The topological polar surface area (TPSA) is 63.3 Å². The molecule has 3 N–H and O–H groups in total. The highest BCUT2D eigenvalue weighted by molar-refractivity contribution is 6.32. The van der Waals surface area contributed by atoms with Crippen molar-refractivity contribution in [1.29, 1.82) is 0 Å². The fourth-order valence-electron chi connectivity index (χ4n) is 1.57. The summed E-state index contributed by atoms with van der Waals surface area (Å²) in [5.74, 6) is -1.66. The van der Waals surface area contributed by atoms with Crippen molar-refractivity contribution in [2.45, 2.75) is 19.8 Å². The minimum Gasteiger partial charge on any atom is -0.481 e. The molecule has 1 atom stereocenters. The Kier molecular flexibility index (Phi) is 3.72. The van der Waals surface area contributed by atoms with Crippen LogP contribution in [0.5, 0.6) is 0 Å². The van der Waals surface area contributed by atoms with Gasteiger partial charge in [-0.3, -0.25) is 4.79 Å². The van der Waals surface area contributed by atoms with E-state index < -0.39 is 11.9 Å². The van der Waals surface area contributed by atoms with E-state index in [4.69, 9.17) is 22.4 Å². The first-order chi connectivity index (χ1) is 6.99. The number of halogens is 1. The second-order valence-corrected chi connectivity index (χ2v) is 3.93. The molecule has 0 aliphatic carbocycles. The number of hydrogen-bond acceptors (Lipinski definition) is 2. The van der Waals surface area contributed by atoms with Crippen LogP contribution < -0.4 is 5.73 Å². The lowest BCUT2D eigenvalue weighted by Gasteiger charge is -2.16. The fourth-order valence-corrected chi connectivity index (χ4v) is 1.91. The van der Waals surface area contributed by atoms with E-state index >= 15 is 0 Å². The van der Waals surface area contributed by atoms with Crippen molar-refractivity contribution in [3.05, 3.63) is 33.8 Å². The molecule has 1 rings (SSSR count). The first-order valence-corrected chi connectivity index (χ1v) is 5.05. The average molecular weight is 228 g/mol. The number of hydrogen-bond donors (Lipinski definition) is 2. The van der Waals surface area contributed by atoms with Gasteiger partial charge in [-0.1, -0.05) is 23.7 Å². The molecule has 3 nitrogen and oxygen atoms in total. The van der Waals surface area contributed by atoms with Gasteiger partial charge in [0.2, 0.25) is 0 Å². The molecular weight excluding hydrogens is 214 g/mol. The summed E-state index contributed by atoms with van der Waals surface area (Å²) in [6.45, 7) is 3.74. The van der Waals surface area contributed by atoms with Crippen LogP contribution in [0.15, 0.2) is 12.1 Å². The van der Waals surface area contributed by atoms with E-state index in [9.17, 15) is 4.79 Å². The zero-order valence-electron chi connectivity index (χ0n) is 8.75. The van der Waals surface area contributed by atoms with E-state index in [2.05, 4.69) is 0 Å². The first kappa shape index (κ1) is 12.0. The molecule has 82 valence electrons.